The number of nitrogens with two attached hydrogens (primary N) is 1. The van der Waals surface area contributed by atoms with Crippen LogP contribution >= 0.6 is 0 Å². The molecule has 1 rings (SSSR count). The predicted molar refractivity (Wildman–Crippen MR) is 74.9 cm³/mol. The lowest BCUT2D eigenvalue weighted by Gasteiger charge is -2.13. The second kappa shape index (κ2) is 6.99. The largest absolute Gasteiger partial charge is 0.493 e. The molecule has 3 N–H and O–H groups in total. The van der Waals surface area contributed by atoms with E-state index >= 15 is 0 Å². The first-order valence-corrected chi connectivity index (χ1v) is 6.26. The molecule has 1 unspecified atom stereocenters. The first kappa shape index (κ1) is 15.3. The van der Waals surface area contributed by atoms with Gasteiger partial charge >= 0.3 is 0 Å². The number of hydrogen-bond acceptors (Lipinski definition) is 4. The third-order valence-corrected chi connectivity index (χ3v) is 2.86. The van der Waals surface area contributed by atoms with E-state index in [4.69, 9.17) is 15.2 Å². The van der Waals surface area contributed by atoms with Gasteiger partial charge in [-0.05, 0) is 38.0 Å². The minimum atomic E-state index is -0.126. The second-order valence-corrected chi connectivity index (χ2v) is 4.54. The van der Waals surface area contributed by atoms with Crippen LogP contribution in [0.4, 0.5) is 0 Å². The number of amides is 1. The minimum Gasteiger partial charge on any atom is -0.493 e. The fraction of sp³-hybridized carbons (Fsp3) is 0.500. The lowest BCUT2D eigenvalue weighted by atomic mass is 10.1. The zero-order chi connectivity index (χ0) is 14.4. The van der Waals surface area contributed by atoms with Crippen LogP contribution in [0.3, 0.4) is 0 Å². The Morgan fingerprint density at radius 2 is 1.89 bits per heavy atom. The Morgan fingerprint density at radius 1 is 1.32 bits per heavy atom. The van der Waals surface area contributed by atoms with E-state index in [0.717, 1.165) is 12.0 Å². The summed E-state index contributed by atoms with van der Waals surface area (Å²) in [6, 6.07) is 3.56. The van der Waals surface area contributed by atoms with Gasteiger partial charge in [-0.3, -0.25) is 4.79 Å². The molecule has 19 heavy (non-hydrogen) atoms. The Balaban J connectivity index is 2.85. The van der Waals surface area contributed by atoms with Crippen molar-refractivity contribution >= 4 is 5.91 Å². The summed E-state index contributed by atoms with van der Waals surface area (Å²) in [7, 11) is 3.12. The van der Waals surface area contributed by atoms with Gasteiger partial charge in [0.05, 0.1) is 14.2 Å². The van der Waals surface area contributed by atoms with Crippen molar-refractivity contribution < 1.29 is 14.3 Å². The Bertz CT molecular complexity index is 445. The van der Waals surface area contributed by atoms with Crippen molar-refractivity contribution in [3.05, 3.63) is 23.3 Å². The summed E-state index contributed by atoms with van der Waals surface area (Å²) in [6.45, 7) is 4.33. The van der Waals surface area contributed by atoms with Crippen LogP contribution in [0.15, 0.2) is 12.1 Å². The van der Waals surface area contributed by atoms with Crippen LogP contribution in [0.5, 0.6) is 11.5 Å². The van der Waals surface area contributed by atoms with Crippen LogP contribution < -0.4 is 20.5 Å². The van der Waals surface area contributed by atoms with E-state index in [1.165, 1.54) is 0 Å². The van der Waals surface area contributed by atoms with Gasteiger partial charge in [0.25, 0.3) is 5.91 Å². The maximum atomic E-state index is 12.1. The summed E-state index contributed by atoms with van der Waals surface area (Å²) >= 11 is 0. The monoisotopic (exact) mass is 266 g/mol. The number of nitrogens with one attached hydrogen (secondary N) is 1. The highest BCUT2D eigenvalue weighted by Crippen LogP contribution is 2.30. The van der Waals surface area contributed by atoms with E-state index in [-0.39, 0.29) is 11.9 Å². The zero-order valence-electron chi connectivity index (χ0n) is 11.9. The summed E-state index contributed by atoms with van der Waals surface area (Å²) in [5, 5.41) is 2.84. The number of aryl methyl sites for hydroxylation is 1. The molecular formula is C14H22N2O3. The topological polar surface area (TPSA) is 73.6 Å². The van der Waals surface area contributed by atoms with Crippen LogP contribution in [-0.4, -0.2) is 32.7 Å². The van der Waals surface area contributed by atoms with E-state index in [2.05, 4.69) is 5.32 Å². The quantitative estimate of drug-likeness (QED) is 0.818. The lowest BCUT2D eigenvalue weighted by Crippen LogP contribution is -2.29. The van der Waals surface area contributed by atoms with Gasteiger partial charge in [-0.1, -0.05) is 0 Å². The molecule has 1 atom stereocenters. The van der Waals surface area contributed by atoms with Gasteiger partial charge in [0, 0.05) is 18.2 Å². The third kappa shape index (κ3) is 4.13. The van der Waals surface area contributed by atoms with Crippen LogP contribution in [0.2, 0.25) is 0 Å². The molecule has 0 aliphatic rings. The summed E-state index contributed by atoms with van der Waals surface area (Å²) in [6.07, 6.45) is 0.748. The standard InChI is InChI=1S/C14H22N2O3/c1-9-7-12(18-3)13(19-4)8-11(9)14(17)16-6-5-10(2)15/h7-8,10H,5-6,15H2,1-4H3,(H,16,17). The smallest absolute Gasteiger partial charge is 0.251 e. The van der Waals surface area contributed by atoms with Crippen LogP contribution in [0.25, 0.3) is 0 Å². The van der Waals surface area contributed by atoms with E-state index in [9.17, 15) is 4.79 Å². The molecule has 0 radical (unpaired) electrons. The maximum Gasteiger partial charge on any atom is 0.251 e. The molecule has 0 fully saturated rings. The Labute approximate surface area is 114 Å². The van der Waals surface area contributed by atoms with Crippen molar-refractivity contribution in [1.29, 1.82) is 0 Å². The molecule has 0 heterocycles. The Kier molecular flexibility index (Phi) is 5.63. The van der Waals surface area contributed by atoms with Gasteiger partial charge < -0.3 is 20.5 Å². The Morgan fingerprint density at radius 3 is 2.42 bits per heavy atom. The van der Waals surface area contributed by atoms with E-state index in [0.29, 0.717) is 23.6 Å². The first-order valence-electron chi connectivity index (χ1n) is 6.26. The van der Waals surface area contributed by atoms with Crippen molar-refractivity contribution in [2.75, 3.05) is 20.8 Å². The predicted octanol–water partition coefficient (Wildman–Crippen LogP) is 1.48. The lowest BCUT2D eigenvalue weighted by molar-refractivity contribution is 0.0952. The molecular weight excluding hydrogens is 244 g/mol. The summed E-state index contributed by atoms with van der Waals surface area (Å²) in [5.41, 5.74) is 7.07. The SMILES string of the molecule is COc1cc(C)c(C(=O)NCCC(C)N)cc1OC. The molecule has 0 saturated carbocycles. The van der Waals surface area contributed by atoms with Crippen molar-refractivity contribution in [2.24, 2.45) is 5.73 Å². The van der Waals surface area contributed by atoms with Crippen LogP contribution in [0, 0.1) is 6.92 Å². The van der Waals surface area contributed by atoms with Crippen molar-refractivity contribution in [2.45, 2.75) is 26.3 Å². The zero-order valence-corrected chi connectivity index (χ0v) is 11.9. The Hall–Kier alpha value is -1.75. The summed E-state index contributed by atoms with van der Waals surface area (Å²) < 4.78 is 10.4. The number of benzene rings is 1. The average Bonchev–Trinajstić information content (AvgIpc) is 2.37. The van der Waals surface area contributed by atoms with E-state index in [1.807, 2.05) is 13.8 Å². The third-order valence-electron chi connectivity index (χ3n) is 2.86. The molecule has 1 aromatic rings. The molecule has 0 spiro atoms. The summed E-state index contributed by atoms with van der Waals surface area (Å²) in [5.74, 6) is 1.04. The molecule has 1 aromatic carbocycles. The molecule has 0 aliphatic carbocycles. The minimum absolute atomic E-state index is 0.0757. The van der Waals surface area contributed by atoms with Gasteiger partial charge in [-0.2, -0.15) is 0 Å². The molecule has 0 aromatic heterocycles. The molecule has 106 valence electrons. The first-order chi connectivity index (χ1) is 8.99. The van der Waals surface area contributed by atoms with Gasteiger partial charge in [-0.25, -0.2) is 0 Å². The maximum absolute atomic E-state index is 12.1. The van der Waals surface area contributed by atoms with Crippen molar-refractivity contribution in [3.8, 4) is 11.5 Å². The molecule has 5 heteroatoms. The fourth-order valence-electron chi connectivity index (χ4n) is 1.73. The molecule has 0 saturated heterocycles. The molecule has 1 amide bonds. The number of carbonyl (C=O) groups is 1. The highest BCUT2D eigenvalue weighted by Gasteiger charge is 2.14. The summed E-state index contributed by atoms with van der Waals surface area (Å²) in [4.78, 5) is 12.1. The number of rotatable bonds is 6. The van der Waals surface area contributed by atoms with Crippen molar-refractivity contribution in [3.63, 3.8) is 0 Å². The van der Waals surface area contributed by atoms with Gasteiger partial charge in [0.1, 0.15) is 0 Å². The number of carbonyl (C=O) groups excluding carboxylic acids is 1. The molecule has 5 nitrogen and oxygen atoms in total. The normalized spacial score (nSPS) is 11.8. The number of methoxy groups -OCH3 is 2. The highest BCUT2D eigenvalue weighted by molar-refractivity contribution is 5.96. The van der Waals surface area contributed by atoms with Gasteiger partial charge in [0.15, 0.2) is 11.5 Å². The second-order valence-electron chi connectivity index (χ2n) is 4.54. The number of ether oxygens (including phenoxy) is 2. The van der Waals surface area contributed by atoms with E-state index in [1.54, 1.807) is 26.4 Å². The molecule has 0 bridgehead atoms. The molecule has 0 aliphatic heterocycles. The van der Waals surface area contributed by atoms with Crippen LogP contribution in [0.1, 0.15) is 29.3 Å². The highest BCUT2D eigenvalue weighted by atomic mass is 16.5. The van der Waals surface area contributed by atoms with Gasteiger partial charge in [-0.15, -0.1) is 0 Å². The fourth-order valence-corrected chi connectivity index (χ4v) is 1.73. The van der Waals surface area contributed by atoms with Crippen molar-refractivity contribution in [1.82, 2.24) is 5.32 Å². The average molecular weight is 266 g/mol. The van der Waals surface area contributed by atoms with E-state index < -0.39 is 0 Å². The van der Waals surface area contributed by atoms with Gasteiger partial charge in [0.2, 0.25) is 0 Å². The van der Waals surface area contributed by atoms with Crippen LogP contribution in [-0.2, 0) is 0 Å². The number of hydrogen-bond donors (Lipinski definition) is 2.